The number of carboxylic acids is 1. The zero-order chi connectivity index (χ0) is 15.3. The summed E-state index contributed by atoms with van der Waals surface area (Å²) >= 11 is 0. The minimum Gasteiger partial charge on any atom is -0.481 e. The molecular weight excluding hydrogens is 270 g/mol. The SMILES string of the molecule is CCCc1occc1C(=O)NCC1(C(=O)O)CCCCC1. The molecule has 0 atom stereocenters. The molecule has 0 radical (unpaired) electrons. The molecule has 0 spiro atoms. The first kappa shape index (κ1) is 15.6. The predicted octanol–water partition coefficient (Wildman–Crippen LogP) is 3.00. The van der Waals surface area contributed by atoms with Crippen LogP contribution in [0.5, 0.6) is 0 Å². The van der Waals surface area contributed by atoms with Gasteiger partial charge < -0.3 is 14.8 Å². The normalized spacial score (nSPS) is 17.4. The number of carboxylic acid groups (broad SMARTS) is 1. The topological polar surface area (TPSA) is 79.5 Å². The van der Waals surface area contributed by atoms with E-state index >= 15 is 0 Å². The van der Waals surface area contributed by atoms with Crippen molar-refractivity contribution in [2.75, 3.05) is 6.54 Å². The molecule has 5 nitrogen and oxygen atoms in total. The Hall–Kier alpha value is -1.78. The summed E-state index contributed by atoms with van der Waals surface area (Å²) in [6.07, 6.45) is 7.28. The van der Waals surface area contributed by atoms with Crippen LogP contribution >= 0.6 is 0 Å². The second kappa shape index (κ2) is 6.78. The lowest BCUT2D eigenvalue weighted by molar-refractivity contribution is -0.150. The van der Waals surface area contributed by atoms with Crippen molar-refractivity contribution in [2.45, 2.75) is 51.9 Å². The third kappa shape index (κ3) is 3.46. The van der Waals surface area contributed by atoms with Crippen LogP contribution in [0.25, 0.3) is 0 Å². The molecule has 0 saturated heterocycles. The minimum absolute atomic E-state index is 0.192. The van der Waals surface area contributed by atoms with E-state index in [0.29, 0.717) is 30.6 Å². The molecule has 2 rings (SSSR count). The first-order chi connectivity index (χ1) is 10.1. The van der Waals surface area contributed by atoms with Gasteiger partial charge in [0.25, 0.3) is 5.91 Å². The molecule has 1 aromatic heterocycles. The van der Waals surface area contributed by atoms with Crippen molar-refractivity contribution >= 4 is 11.9 Å². The van der Waals surface area contributed by atoms with Gasteiger partial charge in [0, 0.05) is 13.0 Å². The van der Waals surface area contributed by atoms with Crippen molar-refractivity contribution in [3.8, 4) is 0 Å². The monoisotopic (exact) mass is 293 g/mol. The van der Waals surface area contributed by atoms with Crippen LogP contribution in [0.3, 0.4) is 0 Å². The molecule has 1 amide bonds. The molecule has 1 heterocycles. The maximum Gasteiger partial charge on any atom is 0.311 e. The van der Waals surface area contributed by atoms with E-state index in [4.69, 9.17) is 4.42 Å². The number of carbonyl (C=O) groups is 2. The Kier molecular flexibility index (Phi) is 5.04. The summed E-state index contributed by atoms with van der Waals surface area (Å²) in [5, 5.41) is 12.3. The van der Waals surface area contributed by atoms with Crippen molar-refractivity contribution in [1.82, 2.24) is 5.32 Å². The average Bonchev–Trinajstić information content (AvgIpc) is 2.94. The highest BCUT2D eigenvalue weighted by Gasteiger charge is 2.39. The molecule has 1 saturated carbocycles. The van der Waals surface area contributed by atoms with Gasteiger partial charge in [-0.1, -0.05) is 26.2 Å². The number of amides is 1. The van der Waals surface area contributed by atoms with Crippen LogP contribution in [0, 0.1) is 5.41 Å². The van der Waals surface area contributed by atoms with Crippen molar-refractivity contribution in [1.29, 1.82) is 0 Å². The van der Waals surface area contributed by atoms with E-state index in [-0.39, 0.29) is 12.5 Å². The molecule has 2 N–H and O–H groups in total. The summed E-state index contributed by atoms with van der Waals surface area (Å²) in [4.78, 5) is 23.8. The van der Waals surface area contributed by atoms with E-state index < -0.39 is 11.4 Å². The molecule has 0 aromatic carbocycles. The van der Waals surface area contributed by atoms with E-state index in [1.165, 1.54) is 6.26 Å². The summed E-state index contributed by atoms with van der Waals surface area (Å²) in [5.41, 5.74) is -0.282. The summed E-state index contributed by atoms with van der Waals surface area (Å²) in [6.45, 7) is 2.21. The summed E-state index contributed by atoms with van der Waals surface area (Å²) < 4.78 is 5.31. The highest BCUT2D eigenvalue weighted by atomic mass is 16.4. The lowest BCUT2D eigenvalue weighted by Gasteiger charge is -2.33. The van der Waals surface area contributed by atoms with Gasteiger partial charge in [0.2, 0.25) is 0 Å². The van der Waals surface area contributed by atoms with Gasteiger partial charge in [-0.2, -0.15) is 0 Å². The lowest BCUT2D eigenvalue weighted by Crippen LogP contribution is -2.44. The van der Waals surface area contributed by atoms with E-state index in [1.54, 1.807) is 6.07 Å². The standard InChI is InChI=1S/C16H23NO4/c1-2-6-13-12(7-10-21-13)14(18)17-11-16(15(19)20)8-4-3-5-9-16/h7,10H,2-6,8-9,11H2,1H3,(H,17,18)(H,19,20). The molecule has 1 fully saturated rings. The Morgan fingerprint density at radius 2 is 2.05 bits per heavy atom. The van der Waals surface area contributed by atoms with Gasteiger partial charge in [0.05, 0.1) is 17.2 Å². The van der Waals surface area contributed by atoms with E-state index in [1.807, 2.05) is 6.92 Å². The Bertz CT molecular complexity index is 500. The van der Waals surface area contributed by atoms with Crippen molar-refractivity contribution in [3.63, 3.8) is 0 Å². The number of furan rings is 1. The molecule has 1 aliphatic carbocycles. The Labute approximate surface area is 124 Å². The number of hydrogen-bond acceptors (Lipinski definition) is 3. The van der Waals surface area contributed by atoms with Crippen LogP contribution in [0.1, 0.15) is 61.6 Å². The molecule has 0 aliphatic heterocycles. The van der Waals surface area contributed by atoms with Gasteiger partial charge in [-0.05, 0) is 25.3 Å². The summed E-state index contributed by atoms with van der Waals surface area (Å²) in [7, 11) is 0. The van der Waals surface area contributed by atoms with E-state index in [0.717, 1.165) is 25.7 Å². The number of hydrogen-bond donors (Lipinski definition) is 2. The van der Waals surface area contributed by atoms with Crippen molar-refractivity contribution in [2.24, 2.45) is 5.41 Å². The lowest BCUT2D eigenvalue weighted by atomic mass is 9.74. The maximum atomic E-state index is 12.2. The third-order valence-electron chi connectivity index (χ3n) is 4.32. The van der Waals surface area contributed by atoms with E-state index in [9.17, 15) is 14.7 Å². The predicted molar refractivity (Wildman–Crippen MR) is 78.2 cm³/mol. The molecular formula is C16H23NO4. The fourth-order valence-electron chi connectivity index (χ4n) is 3.00. The largest absolute Gasteiger partial charge is 0.481 e. The first-order valence-electron chi connectivity index (χ1n) is 7.67. The van der Waals surface area contributed by atoms with Crippen LogP contribution in [-0.2, 0) is 11.2 Å². The van der Waals surface area contributed by atoms with Gasteiger partial charge >= 0.3 is 5.97 Å². The van der Waals surface area contributed by atoms with Crippen LogP contribution in [0.4, 0.5) is 0 Å². The van der Waals surface area contributed by atoms with Crippen molar-refractivity contribution in [3.05, 3.63) is 23.7 Å². The molecule has 5 heteroatoms. The second-order valence-corrected chi connectivity index (χ2v) is 5.84. The number of carbonyl (C=O) groups excluding carboxylic acids is 1. The van der Waals surface area contributed by atoms with Crippen LogP contribution in [0.15, 0.2) is 16.7 Å². The highest BCUT2D eigenvalue weighted by molar-refractivity contribution is 5.95. The minimum atomic E-state index is -0.803. The van der Waals surface area contributed by atoms with Gasteiger partial charge in [0.15, 0.2) is 0 Å². The number of nitrogens with one attached hydrogen (secondary N) is 1. The van der Waals surface area contributed by atoms with Crippen LogP contribution < -0.4 is 5.32 Å². The highest BCUT2D eigenvalue weighted by Crippen LogP contribution is 2.36. The number of aryl methyl sites for hydroxylation is 1. The molecule has 0 unspecified atom stereocenters. The Morgan fingerprint density at radius 3 is 2.67 bits per heavy atom. The van der Waals surface area contributed by atoms with Crippen molar-refractivity contribution < 1.29 is 19.1 Å². The van der Waals surface area contributed by atoms with E-state index in [2.05, 4.69) is 5.32 Å². The zero-order valence-electron chi connectivity index (χ0n) is 12.5. The van der Waals surface area contributed by atoms with Crippen LogP contribution in [0.2, 0.25) is 0 Å². The fraction of sp³-hybridized carbons (Fsp3) is 0.625. The molecule has 0 bridgehead atoms. The number of rotatable bonds is 6. The smallest absolute Gasteiger partial charge is 0.311 e. The van der Waals surface area contributed by atoms with Gasteiger partial charge in [-0.3, -0.25) is 9.59 Å². The average molecular weight is 293 g/mol. The van der Waals surface area contributed by atoms with Gasteiger partial charge in [0.1, 0.15) is 5.76 Å². The molecule has 1 aliphatic rings. The first-order valence-corrected chi connectivity index (χ1v) is 7.67. The molecule has 116 valence electrons. The van der Waals surface area contributed by atoms with Gasteiger partial charge in [-0.25, -0.2) is 0 Å². The van der Waals surface area contributed by atoms with Gasteiger partial charge in [-0.15, -0.1) is 0 Å². The zero-order valence-corrected chi connectivity index (χ0v) is 12.5. The molecule has 21 heavy (non-hydrogen) atoms. The Morgan fingerprint density at radius 1 is 1.33 bits per heavy atom. The Balaban J connectivity index is 2.02. The molecule has 1 aromatic rings. The number of aliphatic carboxylic acids is 1. The summed E-state index contributed by atoms with van der Waals surface area (Å²) in [5.74, 6) is -0.370. The van der Waals surface area contributed by atoms with Crippen LogP contribution in [-0.4, -0.2) is 23.5 Å². The second-order valence-electron chi connectivity index (χ2n) is 5.84. The fourth-order valence-corrected chi connectivity index (χ4v) is 3.00. The quantitative estimate of drug-likeness (QED) is 0.845. The third-order valence-corrected chi connectivity index (χ3v) is 4.32. The summed E-state index contributed by atoms with van der Waals surface area (Å²) in [6, 6.07) is 1.65. The maximum absolute atomic E-state index is 12.2.